The summed E-state index contributed by atoms with van der Waals surface area (Å²) in [6.07, 6.45) is 3.10. The fourth-order valence-corrected chi connectivity index (χ4v) is 5.10. The van der Waals surface area contributed by atoms with Crippen molar-refractivity contribution in [2.75, 3.05) is 0 Å². The zero-order chi connectivity index (χ0) is 17.3. The molecule has 2 nitrogen and oxygen atoms in total. The average molecular weight is 335 g/mol. The van der Waals surface area contributed by atoms with Crippen LogP contribution in [0.1, 0.15) is 26.7 Å². The maximum absolute atomic E-state index is 12.5. The minimum Gasteiger partial charge on any atom is -0.299 e. The molecule has 2 atom stereocenters. The lowest BCUT2D eigenvalue weighted by Gasteiger charge is -2.39. The molecule has 0 spiro atoms. The van der Waals surface area contributed by atoms with E-state index >= 15 is 0 Å². The molecule has 0 N–H and O–H groups in total. The molecule has 1 aliphatic rings. The van der Waals surface area contributed by atoms with E-state index in [4.69, 9.17) is 0 Å². The normalized spacial score (nSPS) is 26.1. The Hall–Kier alpha value is -0.926. The van der Waals surface area contributed by atoms with Crippen LogP contribution in [-0.2, 0) is 9.59 Å². The van der Waals surface area contributed by atoms with E-state index in [1.165, 1.54) is 0 Å². The fraction of sp³-hybridized carbons (Fsp3) is 0.667. The van der Waals surface area contributed by atoms with Gasteiger partial charge in [0.1, 0.15) is 13.9 Å². The van der Waals surface area contributed by atoms with E-state index < -0.39 is 21.6 Å². The van der Waals surface area contributed by atoms with Gasteiger partial charge in [-0.3, -0.25) is 9.59 Å². The van der Waals surface area contributed by atoms with E-state index in [1.807, 2.05) is 13.0 Å². The lowest BCUT2D eigenvalue weighted by Crippen LogP contribution is -2.43. The second-order valence-electron chi connectivity index (χ2n) is 8.73. The molecule has 0 bridgehead atoms. The molecule has 0 aromatic heterocycles. The zero-order valence-corrected chi connectivity index (χ0v) is 17.4. The van der Waals surface area contributed by atoms with Crippen molar-refractivity contribution in [3.05, 3.63) is 11.3 Å². The van der Waals surface area contributed by atoms with Gasteiger partial charge in [-0.05, 0) is 25.0 Å². The van der Waals surface area contributed by atoms with Gasteiger partial charge in [0, 0.05) is 18.3 Å². The topological polar surface area (TPSA) is 34.1 Å². The molecule has 0 aliphatic heterocycles. The van der Waals surface area contributed by atoms with Crippen molar-refractivity contribution >= 4 is 27.7 Å². The molecule has 122 valence electrons. The second kappa shape index (κ2) is 6.29. The van der Waals surface area contributed by atoms with Gasteiger partial charge in [-0.2, -0.15) is 0 Å². The largest absolute Gasteiger partial charge is 0.299 e. The van der Waals surface area contributed by atoms with E-state index in [1.54, 1.807) is 6.92 Å². The summed E-state index contributed by atoms with van der Waals surface area (Å²) in [6.45, 7) is 16.8. The molecule has 4 heteroatoms. The third-order valence-corrected chi connectivity index (χ3v) is 7.37. The molecule has 0 saturated heterocycles. The zero-order valence-electron chi connectivity index (χ0n) is 15.4. The van der Waals surface area contributed by atoms with Crippen molar-refractivity contribution in [2.24, 2.45) is 11.3 Å². The van der Waals surface area contributed by atoms with Crippen LogP contribution >= 0.6 is 0 Å². The van der Waals surface area contributed by atoms with E-state index in [9.17, 15) is 9.59 Å². The number of hydrogen-bond acceptors (Lipinski definition) is 2. The number of carbonyl (C=O) groups is 2. The average Bonchev–Trinajstić information content (AvgIpc) is 2.30. The van der Waals surface area contributed by atoms with Crippen LogP contribution in [0.4, 0.5) is 0 Å². The minimum atomic E-state index is -1.71. The maximum atomic E-state index is 12.5. The number of ketones is 2. The first-order valence-electron chi connectivity index (χ1n) is 8.05. The van der Waals surface area contributed by atoms with Crippen LogP contribution in [0.3, 0.4) is 0 Å². The van der Waals surface area contributed by atoms with Crippen molar-refractivity contribution < 1.29 is 9.59 Å². The Kier molecular flexibility index (Phi) is 5.47. The van der Waals surface area contributed by atoms with Crippen LogP contribution in [0.25, 0.3) is 0 Å². The van der Waals surface area contributed by atoms with Gasteiger partial charge in [0.2, 0.25) is 0 Å². The summed E-state index contributed by atoms with van der Waals surface area (Å²) in [7, 11) is -3.13. The highest BCUT2D eigenvalue weighted by Gasteiger charge is 2.44. The van der Waals surface area contributed by atoms with E-state index in [2.05, 4.69) is 50.7 Å². The van der Waals surface area contributed by atoms with Crippen LogP contribution in [0, 0.1) is 22.8 Å². The Balaban J connectivity index is 3.20. The number of hydrogen-bond donors (Lipinski definition) is 0. The van der Waals surface area contributed by atoms with Crippen LogP contribution in [0.5, 0.6) is 0 Å². The molecule has 1 aliphatic carbocycles. The lowest BCUT2D eigenvalue weighted by atomic mass is 9.67. The molecule has 0 amide bonds. The number of carbonyl (C=O) groups excluding carboxylic acids is 2. The summed E-state index contributed by atoms with van der Waals surface area (Å²) >= 11 is 0. The molecule has 0 aromatic rings. The van der Waals surface area contributed by atoms with Gasteiger partial charge in [0.15, 0.2) is 5.78 Å². The van der Waals surface area contributed by atoms with Crippen LogP contribution in [0.15, 0.2) is 11.3 Å². The standard InChI is InChI=1S/C18H30O2Si2/c1-14(19)18(2)13-17(22(6,7)8)16(20)12-15(18)10-9-11-21(3,4)5/h13,15H,10,12H2,1-8H3/t15-,18-/m1/s1. The van der Waals surface area contributed by atoms with Crippen molar-refractivity contribution in [1.29, 1.82) is 0 Å². The Bertz CT molecular complexity index is 565. The lowest BCUT2D eigenvalue weighted by molar-refractivity contribution is -0.127. The highest BCUT2D eigenvalue weighted by molar-refractivity contribution is 6.87. The molecule has 22 heavy (non-hydrogen) atoms. The summed E-state index contributed by atoms with van der Waals surface area (Å²) < 4.78 is 0. The van der Waals surface area contributed by atoms with Crippen molar-refractivity contribution in [2.45, 2.75) is 66.0 Å². The van der Waals surface area contributed by atoms with Gasteiger partial charge in [0.25, 0.3) is 0 Å². The van der Waals surface area contributed by atoms with E-state index in [0.717, 1.165) is 5.20 Å². The molecule has 0 saturated carbocycles. The molecule has 0 fully saturated rings. The summed E-state index contributed by atoms with van der Waals surface area (Å²) in [5.41, 5.74) is 2.81. The Morgan fingerprint density at radius 1 is 1.27 bits per heavy atom. The van der Waals surface area contributed by atoms with Gasteiger partial charge in [0.05, 0.1) is 8.07 Å². The summed E-state index contributed by atoms with van der Waals surface area (Å²) in [6, 6.07) is 0. The maximum Gasteiger partial charge on any atom is 0.154 e. The second-order valence-corrected chi connectivity index (χ2v) is 18.5. The molecule has 0 unspecified atom stereocenters. The van der Waals surface area contributed by atoms with E-state index in [0.29, 0.717) is 12.8 Å². The highest BCUT2D eigenvalue weighted by Crippen LogP contribution is 2.42. The number of Topliss-reactive ketones (excluding diaryl/α,β-unsaturated/α-hetero) is 2. The summed E-state index contributed by atoms with van der Waals surface area (Å²) in [4.78, 5) is 24.8. The summed E-state index contributed by atoms with van der Waals surface area (Å²) in [5, 5.41) is 0.930. The van der Waals surface area contributed by atoms with Crippen LogP contribution < -0.4 is 0 Å². The first kappa shape index (κ1) is 19.1. The van der Waals surface area contributed by atoms with Gasteiger partial charge >= 0.3 is 0 Å². The molecule has 0 radical (unpaired) electrons. The van der Waals surface area contributed by atoms with Crippen molar-refractivity contribution in [3.63, 3.8) is 0 Å². The first-order valence-corrected chi connectivity index (χ1v) is 15.0. The van der Waals surface area contributed by atoms with E-state index in [-0.39, 0.29) is 17.5 Å². The quantitative estimate of drug-likeness (QED) is 0.571. The molecule has 0 heterocycles. The fourth-order valence-electron chi connectivity index (χ4n) is 2.79. The molecular formula is C18H30O2Si2. The third-order valence-electron chi connectivity index (χ3n) is 4.40. The molecular weight excluding hydrogens is 304 g/mol. The smallest absolute Gasteiger partial charge is 0.154 e. The first-order chi connectivity index (χ1) is 9.77. The van der Waals surface area contributed by atoms with Gasteiger partial charge in [-0.25, -0.2) is 0 Å². The predicted molar refractivity (Wildman–Crippen MR) is 99.1 cm³/mol. The van der Waals surface area contributed by atoms with Crippen molar-refractivity contribution in [3.8, 4) is 11.5 Å². The highest BCUT2D eigenvalue weighted by atomic mass is 28.3. The van der Waals surface area contributed by atoms with Gasteiger partial charge in [-0.1, -0.05) is 45.4 Å². The SMILES string of the molecule is CC(=O)[C@@]1(C)C=C([Si](C)(C)C)C(=O)C[C@H]1CC#C[Si](C)(C)C. The van der Waals surface area contributed by atoms with Crippen molar-refractivity contribution in [1.82, 2.24) is 0 Å². The molecule has 0 aromatic carbocycles. The van der Waals surface area contributed by atoms with Crippen LogP contribution in [0.2, 0.25) is 39.3 Å². The Morgan fingerprint density at radius 3 is 2.23 bits per heavy atom. The predicted octanol–water partition coefficient (Wildman–Crippen LogP) is 4.25. The third kappa shape index (κ3) is 4.53. The van der Waals surface area contributed by atoms with Crippen LogP contribution in [-0.4, -0.2) is 27.7 Å². The van der Waals surface area contributed by atoms with Gasteiger partial charge < -0.3 is 0 Å². The monoisotopic (exact) mass is 334 g/mol. The molecule has 1 rings (SSSR count). The number of rotatable bonds is 3. The Labute approximate surface area is 137 Å². The van der Waals surface area contributed by atoms with Gasteiger partial charge in [-0.15, -0.1) is 11.5 Å². The Morgan fingerprint density at radius 2 is 1.82 bits per heavy atom. The number of allylic oxidation sites excluding steroid dienone is 2. The summed E-state index contributed by atoms with van der Waals surface area (Å²) in [5.74, 6) is 3.67. The minimum absolute atomic E-state index is 0.0152.